The van der Waals surface area contributed by atoms with Crippen LogP contribution in [-0.4, -0.2) is 4.66 Å². The van der Waals surface area contributed by atoms with Crippen molar-refractivity contribution in [2.45, 2.75) is 0 Å². The Labute approximate surface area is 312 Å². The van der Waals surface area contributed by atoms with Crippen molar-refractivity contribution < 1.29 is 95.6 Å². The van der Waals surface area contributed by atoms with Crippen LogP contribution in [0.25, 0.3) is 0 Å². The first kappa shape index (κ1) is 46.2. The van der Waals surface area contributed by atoms with Gasteiger partial charge in [-0.25, -0.2) is 13.2 Å². The Morgan fingerprint density at radius 1 is 0.479 bits per heavy atom. The second-order valence-electron chi connectivity index (χ2n) is 9.37. The van der Waals surface area contributed by atoms with Crippen LogP contribution in [0.3, 0.4) is 0 Å². The second-order valence-corrected chi connectivity index (χ2v) is 16.1. The fourth-order valence-corrected chi connectivity index (χ4v) is 7.21. The molecule has 0 aliphatic heterocycles. The van der Waals surface area contributed by atoms with Gasteiger partial charge in [0, 0.05) is 43.6 Å². The molecule has 5 aromatic rings. The molecule has 0 spiro atoms. The molecule has 0 saturated heterocycles. The van der Waals surface area contributed by atoms with Gasteiger partial charge in [-0.1, -0.05) is 72.8 Å². The monoisotopic (exact) mass is 1090 g/mol. The summed E-state index contributed by atoms with van der Waals surface area (Å²) in [5.41, 5.74) is 0. The molecule has 5 aromatic carbocycles. The number of hydrogen-bond acceptors (Lipinski definition) is 4. The van der Waals surface area contributed by atoms with E-state index in [-0.39, 0.29) is 44.8 Å². The third-order valence-corrected chi connectivity index (χ3v) is 11.1. The van der Waals surface area contributed by atoms with Crippen LogP contribution in [0.4, 0.5) is 22.0 Å². The van der Waals surface area contributed by atoms with E-state index in [0.717, 1.165) is 6.07 Å². The maximum absolute atomic E-state index is 12.0. The first-order valence-corrected chi connectivity index (χ1v) is 18.5. The van der Waals surface area contributed by atoms with Crippen LogP contribution >= 0.6 is 14.5 Å². The Hall–Kier alpha value is -1.78. The number of benzene rings is 5. The quantitative estimate of drug-likeness (QED) is 0.0717. The molecule has 0 atom stereocenters. The summed E-state index contributed by atoms with van der Waals surface area (Å²) >= 11 is 0. The van der Waals surface area contributed by atoms with Crippen LogP contribution in [0.15, 0.2) is 121 Å². The Kier molecular flexibility index (Phi) is 20.6. The molecule has 5 rings (SSSR count). The molecule has 0 heterocycles. The average molecular weight is 1090 g/mol. The van der Waals surface area contributed by atoms with Crippen LogP contribution in [0.1, 0.15) is 0 Å². The Bertz CT molecular complexity index is 1440. The van der Waals surface area contributed by atoms with E-state index < -0.39 is 53.9 Å². The van der Waals surface area contributed by atoms with Gasteiger partial charge in [0.2, 0.25) is 0 Å². The molecule has 0 amide bonds. The van der Waals surface area contributed by atoms with Crippen LogP contribution in [0.5, 0.6) is 0 Å². The molecule has 0 fully saturated rings. The molecule has 4 nitrogen and oxygen atoms in total. The third kappa shape index (κ3) is 15.0. The van der Waals surface area contributed by atoms with Crippen molar-refractivity contribution in [3.63, 3.8) is 0 Å². The molecule has 14 heteroatoms. The smallest absolute Gasteiger partial charge is 0.278 e. The Morgan fingerprint density at radius 2 is 0.667 bits per heavy atom. The molecular weight excluding hydrogens is 1060 g/mol. The van der Waals surface area contributed by atoms with Crippen molar-refractivity contribution in [1.29, 1.82) is 0 Å². The third-order valence-electron chi connectivity index (χ3n) is 5.99. The average Bonchev–Trinajstić information content (AvgIpc) is 3.04. The van der Waals surface area contributed by atoms with Crippen molar-refractivity contribution in [1.82, 2.24) is 0 Å². The minimum atomic E-state index is -4.69. The van der Waals surface area contributed by atoms with Crippen molar-refractivity contribution in [3.8, 4) is 0 Å². The van der Waals surface area contributed by atoms with E-state index >= 15 is 0 Å². The van der Waals surface area contributed by atoms with Crippen LogP contribution in [0.2, 0.25) is 0 Å². The van der Waals surface area contributed by atoms with Crippen LogP contribution in [0, 0.1) is 72.1 Å². The molecule has 1 N–H and O–H groups in total. The largest absolute Gasteiger partial charge is 1.00 e. The zero-order valence-electron chi connectivity index (χ0n) is 24.8. The number of hydrogen-bond donors (Lipinski definition) is 1. The summed E-state index contributed by atoms with van der Waals surface area (Å²) in [5.74, 6) is -10.0. The van der Waals surface area contributed by atoms with Crippen molar-refractivity contribution in [2.24, 2.45) is 0 Å². The van der Waals surface area contributed by atoms with Crippen molar-refractivity contribution >= 4 is 35.7 Å². The van der Waals surface area contributed by atoms with E-state index in [0.29, 0.717) is 0 Å². The summed E-state index contributed by atoms with van der Waals surface area (Å²) in [4.78, 5) is 0. The molecule has 265 valence electrons. The minimum Gasteiger partial charge on any atom is -0.278 e. The molecule has 0 bridgehead atoms. The SMILES string of the molecule is Fc1[c-]c(F)c(F)c(F)c1F.[Au+].[Au].[CH2-][P+]([CH2-])(c1ccccc1)c1ccccc1.[CH2-][P+]([CH2-])(c1ccccc1)c1ccccc1.[O-][Cl+3]([O-])([O-])O. The molecule has 0 aliphatic carbocycles. The molecular formula is C34H29Au2ClF5O4P2-2. The summed E-state index contributed by atoms with van der Waals surface area (Å²) in [6.07, 6.45) is 0. The van der Waals surface area contributed by atoms with Crippen molar-refractivity contribution in [3.05, 3.63) is 183 Å². The zero-order chi connectivity index (χ0) is 34.5. The minimum absolute atomic E-state index is 0. The van der Waals surface area contributed by atoms with Gasteiger partial charge in [0.05, 0.1) is 44.0 Å². The summed E-state index contributed by atoms with van der Waals surface area (Å²) in [5, 5.41) is 4.99. The molecule has 0 aliphatic rings. The number of halogens is 6. The van der Waals surface area contributed by atoms with Gasteiger partial charge in [-0.3, -0.25) is 8.78 Å². The van der Waals surface area contributed by atoms with Gasteiger partial charge >= 0.3 is 22.4 Å². The zero-order valence-corrected chi connectivity index (χ0v) is 31.7. The van der Waals surface area contributed by atoms with Crippen LogP contribution in [-0.2, 0) is 44.8 Å². The van der Waals surface area contributed by atoms with E-state index in [9.17, 15) is 22.0 Å². The second kappa shape index (κ2) is 21.4. The van der Waals surface area contributed by atoms with E-state index in [1.165, 1.54) is 21.2 Å². The van der Waals surface area contributed by atoms with Gasteiger partial charge in [-0.05, 0) is 48.5 Å². The fourth-order valence-electron chi connectivity index (χ4n) is 3.65. The maximum Gasteiger partial charge on any atom is 1.00 e. The summed E-state index contributed by atoms with van der Waals surface area (Å²) in [6.45, 7) is 17.2. The first-order chi connectivity index (χ1) is 21.5. The summed E-state index contributed by atoms with van der Waals surface area (Å²) in [6, 6.07) is 42.4. The van der Waals surface area contributed by atoms with Crippen molar-refractivity contribution in [2.75, 3.05) is 0 Å². The van der Waals surface area contributed by atoms with Gasteiger partial charge in [-0.15, -0.1) is 6.07 Å². The molecule has 0 unspecified atom stereocenters. The van der Waals surface area contributed by atoms with Gasteiger partial charge in [0.25, 0.3) is 0 Å². The van der Waals surface area contributed by atoms with Crippen LogP contribution < -0.4 is 35.2 Å². The van der Waals surface area contributed by atoms with Gasteiger partial charge in [0.15, 0.2) is 0 Å². The first-order valence-electron chi connectivity index (χ1n) is 12.9. The van der Waals surface area contributed by atoms with E-state index in [2.05, 4.69) is 75.2 Å². The standard InChI is InChI=1S/2C14H14P.C6F5.2Au.ClHO4/c2*1-15(2,13-9-5-3-6-10-13)14-11-7-4-8-12-14;7-2-1-3(8)5(10)6(11)4(2)9;;;2-1(3,4)5/h2*3-12H,1-2H2;;;;(H,2,3,4,5)/q3*-1;;+1;. The number of rotatable bonds is 4. The topological polar surface area (TPSA) is 89.4 Å². The summed E-state index contributed by atoms with van der Waals surface area (Å²) < 4.78 is 92.6. The molecule has 48 heavy (non-hydrogen) atoms. The van der Waals surface area contributed by atoms with Gasteiger partial charge < -0.3 is 0 Å². The van der Waals surface area contributed by atoms with E-state index in [4.69, 9.17) is 18.6 Å². The molecule has 0 saturated carbocycles. The van der Waals surface area contributed by atoms with E-state index in [1.54, 1.807) is 0 Å². The predicted molar refractivity (Wildman–Crippen MR) is 167 cm³/mol. The Morgan fingerprint density at radius 3 is 0.854 bits per heavy atom. The maximum atomic E-state index is 12.0. The Balaban J connectivity index is 0.000000639. The molecule has 0 aromatic heterocycles. The normalized spacial score (nSPS) is 10.7. The van der Waals surface area contributed by atoms with Gasteiger partial charge in [-0.2, -0.15) is 55.2 Å². The van der Waals surface area contributed by atoms with Gasteiger partial charge in [0.1, 0.15) is 0 Å². The molecule has 1 radical (unpaired) electrons. The summed E-state index contributed by atoms with van der Waals surface area (Å²) in [7, 11) is -7.99. The fraction of sp³-hybridized carbons (Fsp3) is 0. The predicted octanol–water partition coefficient (Wildman–Crippen LogP) is 4.53. The van der Waals surface area contributed by atoms with E-state index in [1.807, 2.05) is 72.8 Å².